The highest BCUT2D eigenvalue weighted by molar-refractivity contribution is 6.46. The molecule has 0 bridgehead atoms. The monoisotopic (exact) mass is 324 g/mol. The summed E-state index contributed by atoms with van der Waals surface area (Å²) < 4.78 is 0. The second kappa shape index (κ2) is 6.64. The highest BCUT2D eigenvalue weighted by atomic mass is 16.3. The Labute approximate surface area is 138 Å². The van der Waals surface area contributed by atoms with Gasteiger partial charge < -0.3 is 15.1 Å². The summed E-state index contributed by atoms with van der Waals surface area (Å²) in [5.41, 5.74) is 1.06. The van der Waals surface area contributed by atoms with Crippen LogP contribution in [0.1, 0.15) is 17.2 Å². The molecule has 1 unspecified atom stereocenters. The van der Waals surface area contributed by atoms with E-state index in [0.717, 1.165) is 0 Å². The Hall–Kier alpha value is -2.99. The molecule has 0 radical (unpaired) electrons. The maximum atomic E-state index is 12.5. The van der Waals surface area contributed by atoms with Gasteiger partial charge in [0.2, 0.25) is 0 Å². The van der Waals surface area contributed by atoms with Crippen molar-refractivity contribution in [2.45, 2.75) is 6.04 Å². The maximum Gasteiger partial charge on any atom is 0.295 e. The number of aliphatic hydroxyl groups excluding tert-OH is 2. The standard InChI is InChI=1S/C18H16N2O4/c21-10-9-20-15(13-7-4-8-19-11-13)14(17(23)18(20)24)16(22)12-5-2-1-3-6-12/h1-8,11,15,21-22H,9-10H2. The third-order valence-corrected chi connectivity index (χ3v) is 3.93. The molecular formula is C18H16N2O4. The lowest BCUT2D eigenvalue weighted by Crippen LogP contribution is -2.32. The number of carbonyl (C=O) groups excluding carboxylic acids is 2. The number of carbonyl (C=O) groups is 2. The fourth-order valence-electron chi connectivity index (χ4n) is 2.85. The van der Waals surface area contributed by atoms with E-state index in [0.29, 0.717) is 11.1 Å². The molecule has 1 saturated heterocycles. The summed E-state index contributed by atoms with van der Waals surface area (Å²) in [4.78, 5) is 30.1. The summed E-state index contributed by atoms with van der Waals surface area (Å²) in [6, 6.07) is 11.2. The van der Waals surface area contributed by atoms with E-state index in [9.17, 15) is 19.8 Å². The van der Waals surface area contributed by atoms with E-state index >= 15 is 0 Å². The molecule has 0 aliphatic carbocycles. The number of amides is 1. The molecule has 6 heteroatoms. The van der Waals surface area contributed by atoms with Crippen molar-refractivity contribution in [1.82, 2.24) is 9.88 Å². The average molecular weight is 324 g/mol. The van der Waals surface area contributed by atoms with E-state index in [4.69, 9.17) is 0 Å². The van der Waals surface area contributed by atoms with Crippen LogP contribution in [0.15, 0.2) is 60.4 Å². The molecule has 1 aliphatic heterocycles. The second-order valence-corrected chi connectivity index (χ2v) is 5.37. The van der Waals surface area contributed by atoms with Crippen LogP contribution in [0.5, 0.6) is 0 Å². The molecule has 0 saturated carbocycles. The van der Waals surface area contributed by atoms with Crippen LogP contribution >= 0.6 is 0 Å². The van der Waals surface area contributed by atoms with Crippen molar-refractivity contribution < 1.29 is 19.8 Å². The summed E-state index contributed by atoms with van der Waals surface area (Å²) in [5.74, 6) is -1.74. The van der Waals surface area contributed by atoms with Gasteiger partial charge in [0, 0.05) is 24.5 Å². The van der Waals surface area contributed by atoms with E-state index in [1.165, 1.54) is 4.90 Å². The third-order valence-electron chi connectivity index (χ3n) is 3.93. The lowest BCUT2D eigenvalue weighted by atomic mass is 9.96. The van der Waals surface area contributed by atoms with Gasteiger partial charge in [-0.3, -0.25) is 14.6 Å². The summed E-state index contributed by atoms with van der Waals surface area (Å²) in [6.45, 7) is -0.287. The molecule has 1 amide bonds. The Morgan fingerprint density at radius 1 is 1.12 bits per heavy atom. The van der Waals surface area contributed by atoms with Crippen molar-refractivity contribution in [2.24, 2.45) is 0 Å². The Morgan fingerprint density at radius 3 is 2.50 bits per heavy atom. The minimum absolute atomic E-state index is 0.00426. The molecule has 1 aromatic carbocycles. The third kappa shape index (κ3) is 2.68. The first-order chi connectivity index (χ1) is 11.6. The zero-order valence-corrected chi connectivity index (χ0v) is 12.8. The van der Waals surface area contributed by atoms with Gasteiger partial charge in [0.05, 0.1) is 18.2 Å². The van der Waals surface area contributed by atoms with Gasteiger partial charge in [-0.25, -0.2) is 0 Å². The summed E-state index contributed by atoms with van der Waals surface area (Å²) in [7, 11) is 0. The number of aliphatic hydroxyl groups is 2. The molecule has 1 aromatic heterocycles. The van der Waals surface area contributed by atoms with Crippen LogP contribution in [0.3, 0.4) is 0 Å². The van der Waals surface area contributed by atoms with Gasteiger partial charge in [0.15, 0.2) is 0 Å². The number of likely N-dealkylation sites (tertiary alicyclic amines) is 1. The van der Waals surface area contributed by atoms with Gasteiger partial charge in [-0.1, -0.05) is 36.4 Å². The van der Waals surface area contributed by atoms with E-state index in [-0.39, 0.29) is 24.5 Å². The summed E-state index contributed by atoms with van der Waals surface area (Å²) >= 11 is 0. The highest BCUT2D eigenvalue weighted by Crippen LogP contribution is 2.38. The number of aromatic nitrogens is 1. The molecule has 1 fully saturated rings. The number of β-amino-alcohol motifs (C(OH)–C–C–N with tert-alkyl or cyclic N) is 1. The lowest BCUT2D eigenvalue weighted by molar-refractivity contribution is -0.140. The van der Waals surface area contributed by atoms with E-state index in [1.54, 1.807) is 54.9 Å². The number of pyridine rings is 1. The fourth-order valence-corrected chi connectivity index (χ4v) is 2.85. The minimum Gasteiger partial charge on any atom is -0.507 e. The quantitative estimate of drug-likeness (QED) is 0.505. The Morgan fingerprint density at radius 2 is 1.88 bits per heavy atom. The molecule has 0 spiro atoms. The number of Topliss-reactive ketones (excluding diaryl/α,β-unsaturated/α-hetero) is 1. The molecular weight excluding hydrogens is 308 g/mol. The van der Waals surface area contributed by atoms with Crippen LogP contribution < -0.4 is 0 Å². The molecule has 3 rings (SSSR count). The van der Waals surface area contributed by atoms with Crippen LogP contribution in [-0.4, -0.2) is 44.9 Å². The van der Waals surface area contributed by atoms with Crippen molar-refractivity contribution in [3.05, 3.63) is 71.6 Å². The van der Waals surface area contributed by atoms with Crippen molar-refractivity contribution in [1.29, 1.82) is 0 Å². The van der Waals surface area contributed by atoms with E-state index in [1.807, 2.05) is 0 Å². The normalized spacial score (nSPS) is 19.7. The molecule has 122 valence electrons. The van der Waals surface area contributed by atoms with Gasteiger partial charge in [-0.05, 0) is 11.6 Å². The van der Waals surface area contributed by atoms with E-state index in [2.05, 4.69) is 4.98 Å². The molecule has 2 heterocycles. The highest BCUT2D eigenvalue weighted by Gasteiger charge is 2.45. The first-order valence-electron chi connectivity index (χ1n) is 7.49. The van der Waals surface area contributed by atoms with Gasteiger partial charge in [-0.2, -0.15) is 0 Å². The van der Waals surface area contributed by atoms with Crippen LogP contribution in [-0.2, 0) is 9.59 Å². The first kappa shape index (κ1) is 15.9. The fraction of sp³-hybridized carbons (Fsp3) is 0.167. The van der Waals surface area contributed by atoms with Crippen LogP contribution in [0.4, 0.5) is 0 Å². The van der Waals surface area contributed by atoms with Gasteiger partial charge >= 0.3 is 0 Å². The van der Waals surface area contributed by atoms with E-state index < -0.39 is 17.7 Å². The molecule has 24 heavy (non-hydrogen) atoms. The number of hydrogen-bond donors (Lipinski definition) is 2. The second-order valence-electron chi connectivity index (χ2n) is 5.37. The SMILES string of the molecule is O=C1C(=O)N(CCO)C(c2cccnc2)C1=C(O)c1ccccc1. The molecule has 1 aliphatic rings. The summed E-state index contributed by atoms with van der Waals surface area (Å²) in [6.07, 6.45) is 3.12. The van der Waals surface area contributed by atoms with Crippen LogP contribution in [0.25, 0.3) is 5.76 Å². The number of benzene rings is 1. The predicted molar refractivity (Wildman–Crippen MR) is 86.8 cm³/mol. The molecule has 1 atom stereocenters. The Balaban J connectivity index is 2.18. The van der Waals surface area contributed by atoms with Crippen LogP contribution in [0.2, 0.25) is 0 Å². The Bertz CT molecular complexity index is 787. The zero-order chi connectivity index (χ0) is 17.1. The van der Waals surface area contributed by atoms with Crippen molar-refractivity contribution >= 4 is 17.4 Å². The Kier molecular flexibility index (Phi) is 4.39. The number of hydrogen-bond acceptors (Lipinski definition) is 5. The van der Waals surface area contributed by atoms with Gasteiger partial charge in [0.25, 0.3) is 11.7 Å². The molecule has 6 nitrogen and oxygen atoms in total. The first-order valence-corrected chi connectivity index (χ1v) is 7.49. The molecule has 2 aromatic rings. The molecule has 2 N–H and O–H groups in total. The van der Waals surface area contributed by atoms with Crippen molar-refractivity contribution in [3.63, 3.8) is 0 Å². The van der Waals surface area contributed by atoms with Crippen molar-refractivity contribution in [3.8, 4) is 0 Å². The largest absolute Gasteiger partial charge is 0.507 e. The smallest absolute Gasteiger partial charge is 0.295 e. The topological polar surface area (TPSA) is 90.7 Å². The summed E-state index contributed by atoms with van der Waals surface area (Å²) in [5, 5.41) is 19.9. The van der Waals surface area contributed by atoms with Gasteiger partial charge in [-0.15, -0.1) is 0 Å². The van der Waals surface area contributed by atoms with Crippen LogP contribution in [0, 0.1) is 0 Å². The lowest BCUT2D eigenvalue weighted by Gasteiger charge is -2.24. The number of ketones is 1. The zero-order valence-electron chi connectivity index (χ0n) is 12.8. The van der Waals surface area contributed by atoms with Gasteiger partial charge in [0.1, 0.15) is 5.76 Å². The minimum atomic E-state index is -0.772. The van der Waals surface area contributed by atoms with Crippen molar-refractivity contribution in [2.75, 3.05) is 13.2 Å². The number of rotatable bonds is 4. The predicted octanol–water partition coefficient (Wildman–Crippen LogP) is 1.50. The number of nitrogens with zero attached hydrogens (tertiary/aromatic N) is 2. The average Bonchev–Trinajstić information content (AvgIpc) is 2.88. The maximum absolute atomic E-state index is 12.5.